The van der Waals surface area contributed by atoms with E-state index >= 15 is 0 Å². The fourth-order valence-electron chi connectivity index (χ4n) is 3.91. The van der Waals surface area contributed by atoms with E-state index in [1.54, 1.807) is 11.6 Å². The molecule has 0 spiro atoms. The van der Waals surface area contributed by atoms with E-state index < -0.39 is 15.8 Å². The zero-order valence-electron chi connectivity index (χ0n) is 18.9. The Morgan fingerprint density at radius 2 is 1.88 bits per heavy atom. The maximum absolute atomic E-state index is 13.3. The topological polar surface area (TPSA) is 90.1 Å². The Morgan fingerprint density at radius 1 is 1.21 bits per heavy atom. The maximum Gasteiger partial charge on any atom is 0.232 e. The van der Waals surface area contributed by atoms with Gasteiger partial charge < -0.3 is 9.13 Å². The molecule has 4 rings (SSSR count). The molecular formula is C22H26FN5O3S2. The van der Waals surface area contributed by atoms with Crippen LogP contribution in [0.3, 0.4) is 0 Å². The lowest BCUT2D eigenvalue weighted by atomic mass is 10.2. The van der Waals surface area contributed by atoms with E-state index in [1.165, 1.54) is 36.0 Å². The van der Waals surface area contributed by atoms with Gasteiger partial charge in [-0.15, -0.1) is 10.2 Å². The van der Waals surface area contributed by atoms with Crippen LogP contribution in [0.15, 0.2) is 35.5 Å². The van der Waals surface area contributed by atoms with Crippen molar-refractivity contribution in [2.75, 3.05) is 16.3 Å². The van der Waals surface area contributed by atoms with Crippen LogP contribution >= 0.6 is 11.8 Å². The summed E-state index contributed by atoms with van der Waals surface area (Å²) in [4.78, 5) is 12.9. The van der Waals surface area contributed by atoms with Crippen molar-refractivity contribution in [1.82, 2.24) is 19.3 Å². The van der Waals surface area contributed by atoms with Crippen LogP contribution in [0.2, 0.25) is 0 Å². The second-order valence-electron chi connectivity index (χ2n) is 8.30. The third-order valence-corrected chi connectivity index (χ3v) is 7.92. The minimum absolute atomic E-state index is 0.0219. The van der Waals surface area contributed by atoms with Gasteiger partial charge in [0.2, 0.25) is 10.0 Å². The van der Waals surface area contributed by atoms with Gasteiger partial charge in [0.05, 0.1) is 24.2 Å². The van der Waals surface area contributed by atoms with Crippen LogP contribution in [0, 0.1) is 19.7 Å². The normalized spacial score (nSPS) is 14.0. The van der Waals surface area contributed by atoms with Crippen molar-refractivity contribution in [3.8, 4) is 0 Å². The molecule has 0 saturated heterocycles. The van der Waals surface area contributed by atoms with Gasteiger partial charge in [0, 0.05) is 30.0 Å². The third-order valence-electron chi connectivity index (χ3n) is 5.75. The number of hydrogen-bond donors (Lipinski definition) is 0. The molecule has 33 heavy (non-hydrogen) atoms. The molecule has 1 aliphatic carbocycles. The van der Waals surface area contributed by atoms with Crippen LogP contribution in [0.25, 0.3) is 0 Å². The summed E-state index contributed by atoms with van der Waals surface area (Å²) in [6, 6.07) is 7.68. The molecule has 0 aliphatic heterocycles. The number of aryl methyl sites for hydroxylation is 1. The quantitative estimate of drug-likeness (QED) is 0.335. The minimum Gasteiger partial charge on any atom is -0.345 e. The van der Waals surface area contributed by atoms with Gasteiger partial charge in [-0.1, -0.05) is 11.8 Å². The van der Waals surface area contributed by atoms with E-state index in [0.29, 0.717) is 22.7 Å². The van der Waals surface area contributed by atoms with E-state index in [-0.39, 0.29) is 18.1 Å². The number of benzene rings is 1. The molecule has 176 valence electrons. The summed E-state index contributed by atoms with van der Waals surface area (Å²) >= 11 is 1.26. The summed E-state index contributed by atoms with van der Waals surface area (Å²) in [6.07, 6.45) is 3.39. The largest absolute Gasteiger partial charge is 0.345 e. The molecule has 3 aromatic rings. The first-order valence-corrected chi connectivity index (χ1v) is 13.4. The number of rotatable bonds is 9. The van der Waals surface area contributed by atoms with E-state index in [1.807, 2.05) is 19.9 Å². The van der Waals surface area contributed by atoms with Crippen LogP contribution in [-0.4, -0.2) is 45.5 Å². The van der Waals surface area contributed by atoms with Crippen molar-refractivity contribution in [1.29, 1.82) is 0 Å². The minimum atomic E-state index is -3.64. The zero-order valence-corrected chi connectivity index (χ0v) is 20.6. The van der Waals surface area contributed by atoms with Gasteiger partial charge in [-0.2, -0.15) is 0 Å². The van der Waals surface area contributed by atoms with Gasteiger partial charge in [-0.25, -0.2) is 12.8 Å². The highest BCUT2D eigenvalue weighted by Gasteiger charge is 2.28. The van der Waals surface area contributed by atoms with Gasteiger partial charge in [-0.05, 0) is 57.0 Å². The zero-order chi connectivity index (χ0) is 23.9. The number of nitrogens with zero attached hydrogens (tertiary/aromatic N) is 5. The molecule has 2 heterocycles. The molecular weight excluding hydrogens is 465 g/mol. The van der Waals surface area contributed by atoms with Gasteiger partial charge in [0.25, 0.3) is 0 Å². The van der Waals surface area contributed by atoms with Crippen molar-refractivity contribution >= 4 is 33.3 Å². The van der Waals surface area contributed by atoms with Crippen molar-refractivity contribution in [2.24, 2.45) is 7.05 Å². The number of aromatic nitrogens is 4. The van der Waals surface area contributed by atoms with Crippen molar-refractivity contribution < 1.29 is 17.6 Å². The Labute approximate surface area is 196 Å². The van der Waals surface area contributed by atoms with Gasteiger partial charge >= 0.3 is 0 Å². The first-order chi connectivity index (χ1) is 15.6. The molecule has 0 amide bonds. The van der Waals surface area contributed by atoms with Crippen LogP contribution < -0.4 is 4.31 Å². The molecule has 0 unspecified atom stereocenters. The molecule has 1 saturated carbocycles. The summed E-state index contributed by atoms with van der Waals surface area (Å²) in [6.45, 7) is 3.95. The summed E-state index contributed by atoms with van der Waals surface area (Å²) in [5.41, 5.74) is 3.17. The number of carbonyl (C=O) groups is 1. The lowest BCUT2D eigenvalue weighted by Gasteiger charge is -2.21. The molecule has 1 fully saturated rings. The number of carbonyl (C=O) groups excluding carboxylic acids is 1. The molecule has 2 aromatic heterocycles. The molecule has 0 atom stereocenters. The fraction of sp³-hybridized carbons (Fsp3) is 0.409. The smallest absolute Gasteiger partial charge is 0.232 e. The van der Waals surface area contributed by atoms with Crippen LogP contribution in [-0.2, 0) is 23.6 Å². The average molecular weight is 492 g/mol. The first kappa shape index (κ1) is 23.5. The second kappa shape index (κ2) is 8.94. The van der Waals surface area contributed by atoms with E-state index in [0.717, 1.165) is 40.4 Å². The SMILES string of the molecule is Cc1cc(C(=O)CSc2nnc(CN(c3ccc(F)cc3)S(C)(=O)=O)n2C)c(C)n1C1CC1. The number of thioether (sulfide) groups is 1. The highest BCUT2D eigenvalue weighted by molar-refractivity contribution is 7.99. The Bertz CT molecular complexity index is 1290. The predicted molar refractivity (Wildman–Crippen MR) is 126 cm³/mol. The average Bonchev–Trinajstić information content (AvgIpc) is 3.45. The standard InChI is InChI=1S/C22H26FN5O3S2/c1-14-11-19(15(2)28(14)18-9-10-18)20(29)13-32-22-25-24-21(26(22)3)12-27(33(4,30)31)17-7-5-16(23)6-8-17/h5-8,11,18H,9-10,12-13H2,1-4H3. The second-order valence-corrected chi connectivity index (χ2v) is 11.2. The van der Waals surface area contributed by atoms with Crippen LogP contribution in [0.1, 0.15) is 46.5 Å². The van der Waals surface area contributed by atoms with Crippen molar-refractivity contribution in [2.45, 2.75) is 44.4 Å². The number of sulfonamides is 1. The molecule has 8 nitrogen and oxygen atoms in total. The van der Waals surface area contributed by atoms with Gasteiger partial charge in [0.1, 0.15) is 5.82 Å². The number of Topliss-reactive ketones (excluding diaryl/α,β-unsaturated/α-hetero) is 1. The summed E-state index contributed by atoms with van der Waals surface area (Å²) in [7, 11) is -1.91. The molecule has 1 aromatic carbocycles. The van der Waals surface area contributed by atoms with Crippen LogP contribution in [0.5, 0.6) is 0 Å². The Kier molecular flexibility index (Phi) is 6.37. The number of hydrogen-bond acceptors (Lipinski definition) is 6. The lowest BCUT2D eigenvalue weighted by molar-refractivity contribution is 0.102. The summed E-state index contributed by atoms with van der Waals surface area (Å²) in [5.74, 6) is 0.182. The monoisotopic (exact) mass is 491 g/mol. The molecule has 0 bridgehead atoms. The summed E-state index contributed by atoms with van der Waals surface area (Å²) in [5, 5.41) is 8.79. The van der Waals surface area contributed by atoms with Crippen LogP contribution in [0.4, 0.5) is 10.1 Å². The van der Waals surface area contributed by atoms with E-state index in [4.69, 9.17) is 0 Å². The summed E-state index contributed by atoms with van der Waals surface area (Å²) < 4.78 is 43.0. The molecule has 1 aliphatic rings. The fourth-order valence-corrected chi connectivity index (χ4v) is 5.57. The Balaban J connectivity index is 1.48. The van der Waals surface area contributed by atoms with Gasteiger partial charge in [0.15, 0.2) is 16.8 Å². The van der Waals surface area contributed by atoms with Gasteiger partial charge in [-0.3, -0.25) is 9.10 Å². The van der Waals surface area contributed by atoms with E-state index in [9.17, 15) is 17.6 Å². The maximum atomic E-state index is 13.3. The highest BCUT2D eigenvalue weighted by Crippen LogP contribution is 2.38. The van der Waals surface area contributed by atoms with Crippen molar-refractivity contribution in [3.05, 3.63) is 58.9 Å². The number of halogens is 1. The Hall–Kier alpha value is -2.66. The molecule has 0 radical (unpaired) electrons. The lowest BCUT2D eigenvalue weighted by Crippen LogP contribution is -2.30. The van der Waals surface area contributed by atoms with Crippen molar-refractivity contribution in [3.63, 3.8) is 0 Å². The Morgan fingerprint density at radius 3 is 2.48 bits per heavy atom. The highest BCUT2D eigenvalue weighted by atomic mass is 32.2. The van der Waals surface area contributed by atoms with E-state index in [2.05, 4.69) is 14.8 Å². The number of anilines is 1. The third kappa shape index (κ3) is 4.98. The molecule has 11 heteroatoms. The predicted octanol–water partition coefficient (Wildman–Crippen LogP) is 3.65. The molecule has 0 N–H and O–H groups in total. The first-order valence-electron chi connectivity index (χ1n) is 10.5. The number of ketones is 1.